The van der Waals surface area contributed by atoms with Crippen LogP contribution in [0.15, 0.2) is 58.5 Å². The fourth-order valence-electron chi connectivity index (χ4n) is 1.19. The van der Waals surface area contributed by atoms with Gasteiger partial charge in [-0.2, -0.15) is 0 Å². The fraction of sp³-hybridized carbons (Fsp3) is 0. The number of pyridine rings is 1. The molecular formula is C11H9NOS2. The summed E-state index contributed by atoms with van der Waals surface area (Å²) < 4.78 is 12.7. The highest BCUT2D eigenvalue weighted by molar-refractivity contribution is 7.85. The minimum atomic E-state index is -1.13. The summed E-state index contributed by atoms with van der Waals surface area (Å²) in [7, 11) is -1.13. The van der Waals surface area contributed by atoms with E-state index >= 15 is 0 Å². The van der Waals surface area contributed by atoms with Gasteiger partial charge in [0.25, 0.3) is 0 Å². The van der Waals surface area contributed by atoms with Crippen molar-refractivity contribution in [2.45, 2.75) is 9.79 Å². The molecule has 0 radical (unpaired) electrons. The topological polar surface area (TPSA) is 32.9 Å². The lowest BCUT2D eigenvalue weighted by molar-refractivity contribution is 0.683. The van der Waals surface area contributed by atoms with Crippen molar-refractivity contribution in [2.75, 3.05) is 0 Å². The summed E-state index contributed by atoms with van der Waals surface area (Å²) in [6, 6.07) is 12.9. The van der Waals surface area contributed by atoms with Crippen LogP contribution in [0.3, 0.4) is 0 Å². The zero-order chi connectivity index (χ0) is 10.7. The number of aromatic nitrogens is 1. The third kappa shape index (κ3) is 2.40. The minimum Gasteiger partial charge on any atom is -0.352 e. The Balaban J connectivity index is 2.37. The molecule has 0 aliphatic carbocycles. The van der Waals surface area contributed by atoms with Crippen molar-refractivity contribution >= 4 is 23.0 Å². The first-order chi connectivity index (χ1) is 7.27. The molecule has 2 aromatic rings. The summed E-state index contributed by atoms with van der Waals surface area (Å²) in [4.78, 5) is 4.40. The molecule has 1 heterocycles. The van der Waals surface area contributed by atoms with Gasteiger partial charge in [-0.1, -0.05) is 30.4 Å². The lowest BCUT2D eigenvalue weighted by Crippen LogP contribution is -1.92. The summed E-state index contributed by atoms with van der Waals surface area (Å²) >= 11 is 4.92. The molecule has 1 aromatic heterocycles. The third-order valence-corrected chi connectivity index (χ3v) is 3.56. The van der Waals surface area contributed by atoms with Gasteiger partial charge in [-0.15, -0.1) is 0 Å². The van der Waals surface area contributed by atoms with Gasteiger partial charge in [-0.05, 0) is 24.3 Å². The Morgan fingerprint density at radius 1 is 1.00 bits per heavy atom. The molecule has 4 heteroatoms. The van der Waals surface area contributed by atoms with Crippen LogP contribution in [0.1, 0.15) is 0 Å². The Hall–Kier alpha value is -1.26. The molecule has 2 nitrogen and oxygen atoms in total. The summed E-state index contributed by atoms with van der Waals surface area (Å²) in [6.45, 7) is 0. The minimum absolute atomic E-state index is 0.642. The number of aromatic amines is 1. The average molecular weight is 235 g/mol. The zero-order valence-electron chi connectivity index (χ0n) is 7.84. The van der Waals surface area contributed by atoms with Gasteiger partial charge in [-0.25, -0.2) is 4.21 Å². The van der Waals surface area contributed by atoms with Crippen LogP contribution in [0.5, 0.6) is 0 Å². The van der Waals surface area contributed by atoms with Crippen molar-refractivity contribution in [3.05, 3.63) is 53.3 Å². The monoisotopic (exact) mass is 235 g/mol. The molecule has 1 atom stereocenters. The van der Waals surface area contributed by atoms with Gasteiger partial charge < -0.3 is 4.98 Å². The smallest absolute Gasteiger partial charge is 0.103 e. The van der Waals surface area contributed by atoms with Crippen LogP contribution < -0.4 is 0 Å². The highest BCUT2D eigenvalue weighted by atomic mass is 32.2. The van der Waals surface area contributed by atoms with Gasteiger partial charge in [-0.3, -0.25) is 0 Å². The van der Waals surface area contributed by atoms with E-state index in [9.17, 15) is 4.21 Å². The molecule has 0 bridgehead atoms. The number of benzene rings is 1. The maximum Gasteiger partial charge on any atom is 0.103 e. The second kappa shape index (κ2) is 4.51. The lowest BCUT2D eigenvalue weighted by Gasteiger charge is -2.00. The Labute approximate surface area is 95.4 Å². The molecule has 1 N–H and O–H groups in total. The van der Waals surface area contributed by atoms with E-state index in [0.717, 1.165) is 9.79 Å². The van der Waals surface area contributed by atoms with Crippen molar-refractivity contribution in [3.8, 4) is 0 Å². The van der Waals surface area contributed by atoms with Gasteiger partial charge >= 0.3 is 0 Å². The number of hydrogen-bond acceptors (Lipinski definition) is 2. The molecule has 15 heavy (non-hydrogen) atoms. The van der Waals surface area contributed by atoms with Crippen LogP contribution >= 0.6 is 12.2 Å². The van der Waals surface area contributed by atoms with Crippen molar-refractivity contribution < 1.29 is 4.21 Å². The molecule has 0 saturated heterocycles. The van der Waals surface area contributed by atoms with Crippen LogP contribution in [0.4, 0.5) is 0 Å². The molecule has 0 spiro atoms. The molecule has 0 fully saturated rings. The van der Waals surface area contributed by atoms with Gasteiger partial charge in [0.2, 0.25) is 0 Å². The SMILES string of the molecule is O=S(c1ccccc1)c1ccc(=S)[nH]c1. The molecule has 1 unspecified atom stereocenters. The summed E-state index contributed by atoms with van der Waals surface area (Å²) in [5, 5.41) is 0. The van der Waals surface area contributed by atoms with Crippen molar-refractivity contribution in [1.29, 1.82) is 0 Å². The maximum absolute atomic E-state index is 12.0. The number of nitrogens with one attached hydrogen (secondary N) is 1. The van der Waals surface area contributed by atoms with Crippen LogP contribution in [-0.2, 0) is 10.8 Å². The van der Waals surface area contributed by atoms with E-state index in [1.165, 1.54) is 0 Å². The molecule has 76 valence electrons. The van der Waals surface area contributed by atoms with E-state index in [2.05, 4.69) is 4.98 Å². The van der Waals surface area contributed by atoms with Crippen LogP contribution in [0.2, 0.25) is 0 Å². The number of rotatable bonds is 2. The summed E-state index contributed by atoms with van der Waals surface area (Å²) in [5.41, 5.74) is 0. The van der Waals surface area contributed by atoms with E-state index < -0.39 is 10.8 Å². The van der Waals surface area contributed by atoms with E-state index in [0.29, 0.717) is 4.64 Å². The lowest BCUT2D eigenvalue weighted by atomic mass is 10.4. The first kappa shape index (κ1) is 10.3. The number of hydrogen-bond donors (Lipinski definition) is 1. The quantitative estimate of drug-likeness (QED) is 0.812. The first-order valence-electron chi connectivity index (χ1n) is 4.43. The molecule has 0 aliphatic rings. The molecule has 1 aromatic carbocycles. The van der Waals surface area contributed by atoms with Crippen LogP contribution in [0.25, 0.3) is 0 Å². The number of H-pyrrole nitrogens is 1. The van der Waals surface area contributed by atoms with Crippen molar-refractivity contribution in [1.82, 2.24) is 4.98 Å². The second-order valence-corrected chi connectivity index (χ2v) is 4.89. The molecule has 0 amide bonds. The van der Waals surface area contributed by atoms with Gasteiger partial charge in [0.1, 0.15) is 4.64 Å². The highest BCUT2D eigenvalue weighted by Crippen LogP contribution is 2.14. The standard InChI is InChI=1S/C11H9NOS2/c13-15(9-4-2-1-3-5-9)10-6-7-11(14)12-8-10/h1-8H,(H,12,14). The summed E-state index contributed by atoms with van der Waals surface area (Å²) in [5.74, 6) is 0. The third-order valence-electron chi connectivity index (χ3n) is 1.93. The molecule has 0 aliphatic heterocycles. The van der Waals surface area contributed by atoms with E-state index in [1.807, 2.05) is 30.3 Å². The first-order valence-corrected chi connectivity index (χ1v) is 5.99. The zero-order valence-corrected chi connectivity index (χ0v) is 9.48. The van der Waals surface area contributed by atoms with Gasteiger partial charge in [0, 0.05) is 11.1 Å². The molecular weight excluding hydrogens is 226 g/mol. The van der Waals surface area contributed by atoms with Crippen LogP contribution in [0, 0.1) is 4.64 Å². The Bertz CT molecular complexity index is 513. The predicted molar refractivity (Wildman–Crippen MR) is 62.7 cm³/mol. The molecule has 0 saturated carbocycles. The van der Waals surface area contributed by atoms with Gasteiger partial charge in [0.15, 0.2) is 0 Å². The summed E-state index contributed by atoms with van der Waals surface area (Å²) in [6.07, 6.45) is 1.69. The van der Waals surface area contributed by atoms with Crippen LogP contribution in [-0.4, -0.2) is 9.19 Å². The Morgan fingerprint density at radius 3 is 2.33 bits per heavy atom. The molecule has 2 rings (SSSR count). The highest BCUT2D eigenvalue weighted by Gasteiger charge is 2.04. The maximum atomic E-state index is 12.0. The Kier molecular flexibility index (Phi) is 3.08. The predicted octanol–water partition coefficient (Wildman–Crippen LogP) is 2.91. The van der Waals surface area contributed by atoms with E-state index in [-0.39, 0.29) is 0 Å². The van der Waals surface area contributed by atoms with Gasteiger partial charge in [0.05, 0.1) is 15.7 Å². The van der Waals surface area contributed by atoms with E-state index in [1.54, 1.807) is 18.3 Å². The Morgan fingerprint density at radius 2 is 1.73 bits per heavy atom. The average Bonchev–Trinajstić information content (AvgIpc) is 2.30. The fourth-order valence-corrected chi connectivity index (χ4v) is 2.35. The van der Waals surface area contributed by atoms with E-state index in [4.69, 9.17) is 12.2 Å². The second-order valence-electron chi connectivity index (χ2n) is 2.97. The van der Waals surface area contributed by atoms with Crippen molar-refractivity contribution in [2.24, 2.45) is 0 Å². The normalized spacial score (nSPS) is 12.3. The van der Waals surface area contributed by atoms with Crippen molar-refractivity contribution in [3.63, 3.8) is 0 Å². The largest absolute Gasteiger partial charge is 0.352 e.